The zero-order chi connectivity index (χ0) is 15.0. The van der Waals surface area contributed by atoms with Gasteiger partial charge in [-0.25, -0.2) is 9.78 Å². The Kier molecular flexibility index (Phi) is 3.80. The van der Waals surface area contributed by atoms with Gasteiger partial charge >= 0.3 is 5.69 Å². The van der Waals surface area contributed by atoms with Crippen LogP contribution in [0.1, 0.15) is 32.1 Å². The molecule has 2 heterocycles. The summed E-state index contributed by atoms with van der Waals surface area (Å²) in [6, 6.07) is -0.0163. The first-order valence-electron chi connectivity index (χ1n) is 6.82. The normalized spacial score (nSPS) is 13.1. The average Bonchev–Trinajstić information content (AvgIpc) is 2.73. The Bertz CT molecular complexity index is 753. The van der Waals surface area contributed by atoms with Gasteiger partial charge in [0.25, 0.3) is 5.56 Å². The van der Waals surface area contributed by atoms with Crippen molar-refractivity contribution in [2.24, 2.45) is 12.8 Å². The topological polar surface area (TPSA) is 87.8 Å². The number of hydrogen-bond acceptors (Lipinski definition) is 4. The summed E-state index contributed by atoms with van der Waals surface area (Å²) < 4.78 is 4.52. The Morgan fingerprint density at radius 3 is 2.55 bits per heavy atom. The highest BCUT2D eigenvalue weighted by Gasteiger charge is 2.20. The Hall–Kier alpha value is -1.89. The fourth-order valence-electron chi connectivity index (χ4n) is 2.41. The number of aromatic nitrogens is 4. The number of nitrogens with two attached hydrogens (primary N) is 1. The molecule has 2 rings (SSSR count). The highest BCUT2D eigenvalue weighted by Crippen LogP contribution is 2.16. The molecule has 110 valence electrons. The van der Waals surface area contributed by atoms with Crippen LogP contribution >= 0.6 is 0 Å². The quantitative estimate of drug-likeness (QED) is 0.862. The lowest BCUT2D eigenvalue weighted by Crippen LogP contribution is -2.40. The molecule has 2 aromatic rings. The van der Waals surface area contributed by atoms with Gasteiger partial charge in [-0.15, -0.1) is 0 Å². The number of nitrogens with zero attached hydrogens (tertiary/aromatic N) is 4. The summed E-state index contributed by atoms with van der Waals surface area (Å²) in [6.45, 7) is 6.69. The molecule has 0 aliphatic carbocycles. The van der Waals surface area contributed by atoms with Crippen molar-refractivity contribution >= 4 is 11.2 Å². The molecule has 1 unspecified atom stereocenters. The zero-order valence-corrected chi connectivity index (χ0v) is 12.4. The molecule has 1 atom stereocenters. The number of fused-ring (bicyclic) bond motifs is 1. The van der Waals surface area contributed by atoms with Gasteiger partial charge in [0.2, 0.25) is 0 Å². The Labute approximate surface area is 116 Å². The summed E-state index contributed by atoms with van der Waals surface area (Å²) >= 11 is 0. The van der Waals surface area contributed by atoms with E-state index in [0.29, 0.717) is 30.1 Å². The van der Waals surface area contributed by atoms with Crippen molar-refractivity contribution in [3.05, 3.63) is 26.7 Å². The molecule has 20 heavy (non-hydrogen) atoms. The second-order valence-corrected chi connectivity index (χ2v) is 5.05. The Balaban J connectivity index is 2.98. The molecule has 0 aliphatic rings. The molecule has 2 aromatic heterocycles. The van der Waals surface area contributed by atoms with Gasteiger partial charge < -0.3 is 10.3 Å². The summed E-state index contributed by atoms with van der Waals surface area (Å²) in [6.07, 6.45) is 0.788. The van der Waals surface area contributed by atoms with E-state index in [4.69, 9.17) is 5.73 Å². The number of imidazole rings is 1. The summed E-state index contributed by atoms with van der Waals surface area (Å²) in [5.74, 6) is 0.699. The van der Waals surface area contributed by atoms with Crippen LogP contribution in [-0.4, -0.2) is 25.2 Å². The number of aryl methyl sites for hydroxylation is 1. The first-order chi connectivity index (χ1) is 9.43. The molecule has 2 N–H and O–H groups in total. The summed E-state index contributed by atoms with van der Waals surface area (Å²) in [5, 5.41) is 0. The maximum absolute atomic E-state index is 12.4. The minimum absolute atomic E-state index is 0.0163. The lowest BCUT2D eigenvalue weighted by Gasteiger charge is -2.15. The number of hydrogen-bond donors (Lipinski definition) is 1. The molecule has 0 aliphatic heterocycles. The van der Waals surface area contributed by atoms with Gasteiger partial charge in [-0.3, -0.25) is 13.9 Å². The second-order valence-electron chi connectivity index (χ2n) is 5.05. The van der Waals surface area contributed by atoms with E-state index in [1.165, 1.54) is 7.05 Å². The zero-order valence-electron chi connectivity index (χ0n) is 12.4. The van der Waals surface area contributed by atoms with Crippen molar-refractivity contribution in [1.82, 2.24) is 18.7 Å². The summed E-state index contributed by atoms with van der Waals surface area (Å²) in [7, 11) is 1.50. The first-order valence-corrected chi connectivity index (χ1v) is 6.82. The second kappa shape index (κ2) is 5.24. The monoisotopic (exact) mass is 279 g/mol. The van der Waals surface area contributed by atoms with Crippen molar-refractivity contribution in [1.29, 1.82) is 0 Å². The van der Waals surface area contributed by atoms with Crippen molar-refractivity contribution in [3.63, 3.8) is 0 Å². The molecule has 7 heteroatoms. The van der Waals surface area contributed by atoms with E-state index in [2.05, 4.69) is 4.98 Å². The standard InChI is InChI=1S/C13H21N5O2/c1-5-8(2)18-11-10(12(19)16(4)13(18)20)17(7-6-14)9(3)15-11/h8H,5-7,14H2,1-4H3. The van der Waals surface area contributed by atoms with E-state index >= 15 is 0 Å². The van der Waals surface area contributed by atoms with E-state index in [1.54, 1.807) is 9.13 Å². The van der Waals surface area contributed by atoms with Gasteiger partial charge in [0.1, 0.15) is 5.82 Å². The summed E-state index contributed by atoms with van der Waals surface area (Å²) in [5.41, 5.74) is 5.86. The smallest absolute Gasteiger partial charge is 0.329 e. The molecule has 0 fully saturated rings. The lowest BCUT2D eigenvalue weighted by molar-refractivity contribution is 0.499. The summed E-state index contributed by atoms with van der Waals surface area (Å²) in [4.78, 5) is 29.1. The van der Waals surface area contributed by atoms with E-state index in [1.807, 2.05) is 20.8 Å². The predicted molar refractivity (Wildman–Crippen MR) is 78.0 cm³/mol. The first kappa shape index (κ1) is 14.5. The van der Waals surface area contributed by atoms with Crippen molar-refractivity contribution in [2.75, 3.05) is 6.54 Å². The molecule has 0 spiro atoms. The molecule has 0 bridgehead atoms. The van der Waals surface area contributed by atoms with E-state index in [0.717, 1.165) is 11.0 Å². The van der Waals surface area contributed by atoms with E-state index in [9.17, 15) is 9.59 Å². The molecular formula is C13H21N5O2. The average molecular weight is 279 g/mol. The van der Waals surface area contributed by atoms with Crippen molar-refractivity contribution in [3.8, 4) is 0 Å². The van der Waals surface area contributed by atoms with E-state index < -0.39 is 0 Å². The molecule has 0 saturated carbocycles. The van der Waals surface area contributed by atoms with Gasteiger partial charge in [-0.1, -0.05) is 6.92 Å². The fourth-order valence-corrected chi connectivity index (χ4v) is 2.41. The third kappa shape index (κ3) is 1.98. The van der Waals surface area contributed by atoms with Gasteiger partial charge in [0.05, 0.1) is 0 Å². The Morgan fingerprint density at radius 1 is 1.35 bits per heavy atom. The molecular weight excluding hydrogens is 258 g/mol. The molecule has 0 aromatic carbocycles. The van der Waals surface area contributed by atoms with Gasteiger partial charge in [0, 0.05) is 26.2 Å². The van der Waals surface area contributed by atoms with Crippen LogP contribution in [0, 0.1) is 6.92 Å². The molecule has 0 saturated heterocycles. The van der Waals surface area contributed by atoms with Crippen LogP contribution in [0.3, 0.4) is 0 Å². The van der Waals surface area contributed by atoms with Crippen LogP contribution in [0.25, 0.3) is 11.2 Å². The van der Waals surface area contributed by atoms with Crippen LogP contribution in [0.5, 0.6) is 0 Å². The minimum atomic E-state index is -0.325. The predicted octanol–water partition coefficient (Wildman–Crippen LogP) is 0.135. The fraction of sp³-hybridized carbons (Fsp3) is 0.615. The largest absolute Gasteiger partial charge is 0.332 e. The van der Waals surface area contributed by atoms with Crippen LogP contribution in [-0.2, 0) is 13.6 Å². The van der Waals surface area contributed by atoms with Gasteiger partial charge in [-0.2, -0.15) is 0 Å². The molecule has 7 nitrogen and oxygen atoms in total. The Morgan fingerprint density at radius 2 is 2.00 bits per heavy atom. The third-order valence-electron chi connectivity index (χ3n) is 3.75. The number of rotatable bonds is 4. The van der Waals surface area contributed by atoms with Crippen molar-refractivity contribution in [2.45, 2.75) is 39.8 Å². The molecule has 0 amide bonds. The van der Waals surface area contributed by atoms with Crippen LogP contribution in [0.15, 0.2) is 9.59 Å². The van der Waals surface area contributed by atoms with E-state index in [-0.39, 0.29) is 17.3 Å². The highest BCUT2D eigenvalue weighted by molar-refractivity contribution is 5.71. The highest BCUT2D eigenvalue weighted by atomic mass is 16.2. The van der Waals surface area contributed by atoms with Gasteiger partial charge in [-0.05, 0) is 20.3 Å². The van der Waals surface area contributed by atoms with Gasteiger partial charge in [0.15, 0.2) is 11.2 Å². The maximum atomic E-state index is 12.4. The van der Waals surface area contributed by atoms with Crippen molar-refractivity contribution < 1.29 is 0 Å². The van der Waals surface area contributed by atoms with Crippen LogP contribution < -0.4 is 17.0 Å². The maximum Gasteiger partial charge on any atom is 0.332 e. The SMILES string of the molecule is CCC(C)n1c(=O)n(C)c(=O)c2c1nc(C)n2CCN. The third-order valence-corrected chi connectivity index (χ3v) is 3.75. The minimum Gasteiger partial charge on any atom is -0.329 e. The van der Waals surface area contributed by atoms with Crippen LogP contribution in [0.4, 0.5) is 0 Å². The molecule has 0 radical (unpaired) electrons. The van der Waals surface area contributed by atoms with Crippen LogP contribution in [0.2, 0.25) is 0 Å². The lowest BCUT2D eigenvalue weighted by atomic mass is 10.2.